The van der Waals surface area contributed by atoms with E-state index in [1.54, 1.807) is 17.8 Å². The Morgan fingerprint density at radius 1 is 1.33 bits per heavy atom. The molecule has 0 aromatic heterocycles. The van der Waals surface area contributed by atoms with Gasteiger partial charge in [-0.25, -0.2) is 8.78 Å². The van der Waals surface area contributed by atoms with Gasteiger partial charge in [-0.1, -0.05) is 6.07 Å². The Hall–Kier alpha value is -0.610. The molecule has 0 spiro atoms. The highest BCUT2D eigenvalue weighted by atomic mass is 32.2. The molecule has 15 heavy (non-hydrogen) atoms. The molecule has 0 aliphatic heterocycles. The minimum Gasteiger partial charge on any atom is -0.316 e. The van der Waals surface area contributed by atoms with Gasteiger partial charge in [0.15, 0.2) is 11.6 Å². The number of likely N-dealkylation sites (N-methyl/N-ethyl adjacent to an activating group) is 1. The third-order valence-corrected chi connectivity index (χ3v) is 2.98. The van der Waals surface area contributed by atoms with Crippen molar-refractivity contribution in [2.45, 2.75) is 12.5 Å². The second-order valence-corrected chi connectivity index (χ2v) is 4.30. The number of rotatable bonds is 5. The smallest absolute Gasteiger partial charge is 0.159 e. The van der Waals surface area contributed by atoms with Crippen LogP contribution in [0, 0.1) is 11.6 Å². The molecule has 1 N–H and O–H groups in total. The van der Waals surface area contributed by atoms with Gasteiger partial charge in [0.05, 0.1) is 0 Å². The van der Waals surface area contributed by atoms with Crippen molar-refractivity contribution in [2.75, 3.05) is 19.1 Å². The second-order valence-electron chi connectivity index (χ2n) is 3.39. The van der Waals surface area contributed by atoms with Crippen LogP contribution in [0.5, 0.6) is 0 Å². The molecule has 4 heteroatoms. The molecule has 1 atom stereocenters. The molecule has 0 amide bonds. The summed E-state index contributed by atoms with van der Waals surface area (Å²) < 4.78 is 25.6. The van der Waals surface area contributed by atoms with Gasteiger partial charge < -0.3 is 5.32 Å². The molecule has 0 saturated carbocycles. The molecule has 0 fully saturated rings. The van der Waals surface area contributed by atoms with Crippen molar-refractivity contribution in [3.63, 3.8) is 0 Å². The van der Waals surface area contributed by atoms with Gasteiger partial charge in [0, 0.05) is 11.8 Å². The predicted octanol–water partition coefficient (Wildman–Crippen LogP) is 2.46. The summed E-state index contributed by atoms with van der Waals surface area (Å²) in [6.45, 7) is 0. The lowest BCUT2D eigenvalue weighted by molar-refractivity contribution is 0.505. The van der Waals surface area contributed by atoms with E-state index in [2.05, 4.69) is 5.32 Å². The number of hydrogen-bond acceptors (Lipinski definition) is 2. The van der Waals surface area contributed by atoms with E-state index < -0.39 is 11.6 Å². The van der Waals surface area contributed by atoms with Crippen LogP contribution in [0.15, 0.2) is 18.2 Å². The molecule has 84 valence electrons. The highest BCUT2D eigenvalue weighted by Gasteiger charge is 2.08. The quantitative estimate of drug-likeness (QED) is 0.835. The minimum atomic E-state index is -0.787. The number of benzene rings is 1. The van der Waals surface area contributed by atoms with Crippen molar-refractivity contribution >= 4 is 11.8 Å². The lowest BCUT2D eigenvalue weighted by Gasteiger charge is -2.14. The van der Waals surface area contributed by atoms with E-state index in [1.807, 2.05) is 13.3 Å². The van der Waals surface area contributed by atoms with E-state index >= 15 is 0 Å². The zero-order valence-electron chi connectivity index (χ0n) is 8.89. The van der Waals surface area contributed by atoms with Gasteiger partial charge in [0.2, 0.25) is 0 Å². The van der Waals surface area contributed by atoms with Crippen molar-refractivity contribution < 1.29 is 8.78 Å². The first-order valence-electron chi connectivity index (χ1n) is 4.77. The lowest BCUT2D eigenvalue weighted by atomic mass is 10.1. The maximum absolute atomic E-state index is 12.9. The van der Waals surface area contributed by atoms with Crippen LogP contribution in [-0.2, 0) is 6.42 Å². The summed E-state index contributed by atoms with van der Waals surface area (Å²) in [5.41, 5.74) is 0.822. The Morgan fingerprint density at radius 2 is 2.07 bits per heavy atom. The summed E-state index contributed by atoms with van der Waals surface area (Å²) in [6.07, 6.45) is 2.74. The zero-order valence-corrected chi connectivity index (χ0v) is 9.70. The highest BCUT2D eigenvalue weighted by molar-refractivity contribution is 7.98. The maximum atomic E-state index is 12.9. The van der Waals surface area contributed by atoms with Crippen LogP contribution in [0.3, 0.4) is 0 Å². The minimum absolute atomic E-state index is 0.296. The summed E-state index contributed by atoms with van der Waals surface area (Å²) in [7, 11) is 1.88. The Labute approximate surface area is 93.3 Å². The van der Waals surface area contributed by atoms with Crippen LogP contribution in [0.25, 0.3) is 0 Å². The molecule has 1 aromatic rings. The number of thioether (sulfide) groups is 1. The Bertz CT molecular complexity index is 317. The summed E-state index contributed by atoms with van der Waals surface area (Å²) in [5.74, 6) is -0.605. The Kier molecular flexibility index (Phi) is 5.05. The second kappa shape index (κ2) is 6.08. The van der Waals surface area contributed by atoms with Gasteiger partial charge in [-0.05, 0) is 37.4 Å². The molecule has 0 aliphatic carbocycles. The van der Waals surface area contributed by atoms with E-state index in [9.17, 15) is 8.78 Å². The largest absolute Gasteiger partial charge is 0.316 e. The normalized spacial score (nSPS) is 12.8. The predicted molar refractivity (Wildman–Crippen MR) is 61.3 cm³/mol. The summed E-state index contributed by atoms with van der Waals surface area (Å²) in [4.78, 5) is 0. The monoisotopic (exact) mass is 231 g/mol. The van der Waals surface area contributed by atoms with Crippen LogP contribution in [0.4, 0.5) is 8.78 Å². The van der Waals surface area contributed by atoms with Crippen molar-refractivity contribution in [3.8, 4) is 0 Å². The molecule has 0 radical (unpaired) electrons. The molecule has 1 unspecified atom stereocenters. The molecule has 1 rings (SSSR count). The fraction of sp³-hybridized carbons (Fsp3) is 0.455. The zero-order chi connectivity index (χ0) is 11.3. The van der Waals surface area contributed by atoms with Gasteiger partial charge in [-0.2, -0.15) is 11.8 Å². The maximum Gasteiger partial charge on any atom is 0.159 e. The van der Waals surface area contributed by atoms with Crippen LogP contribution in [0.2, 0.25) is 0 Å². The van der Waals surface area contributed by atoms with E-state index in [4.69, 9.17) is 0 Å². The fourth-order valence-electron chi connectivity index (χ4n) is 1.40. The molecule has 0 heterocycles. The van der Waals surface area contributed by atoms with Crippen molar-refractivity contribution in [1.29, 1.82) is 0 Å². The van der Waals surface area contributed by atoms with Gasteiger partial charge in [-0.3, -0.25) is 0 Å². The van der Waals surface area contributed by atoms with E-state index in [0.29, 0.717) is 12.5 Å². The molecule has 1 nitrogen and oxygen atoms in total. The molecular weight excluding hydrogens is 216 g/mol. The SMILES string of the molecule is CNC(CSC)Cc1ccc(F)c(F)c1. The lowest BCUT2D eigenvalue weighted by Crippen LogP contribution is -2.29. The number of nitrogens with one attached hydrogen (secondary N) is 1. The van der Waals surface area contributed by atoms with Crippen molar-refractivity contribution in [1.82, 2.24) is 5.32 Å². The van der Waals surface area contributed by atoms with Crippen LogP contribution < -0.4 is 5.32 Å². The number of halogens is 2. The van der Waals surface area contributed by atoms with E-state index in [0.717, 1.165) is 11.3 Å². The van der Waals surface area contributed by atoms with E-state index in [-0.39, 0.29) is 0 Å². The van der Waals surface area contributed by atoms with Crippen molar-refractivity contribution in [2.24, 2.45) is 0 Å². The standard InChI is InChI=1S/C11H15F2NS/c1-14-9(7-15-2)5-8-3-4-10(12)11(13)6-8/h3-4,6,9,14H,5,7H2,1-2H3. The summed E-state index contributed by atoms with van der Waals surface area (Å²) in [5, 5.41) is 3.15. The number of hydrogen-bond donors (Lipinski definition) is 1. The van der Waals surface area contributed by atoms with Gasteiger partial charge >= 0.3 is 0 Å². The fourth-order valence-corrected chi connectivity index (χ4v) is 2.08. The van der Waals surface area contributed by atoms with Crippen molar-refractivity contribution in [3.05, 3.63) is 35.4 Å². The van der Waals surface area contributed by atoms with Crippen LogP contribution in [0.1, 0.15) is 5.56 Å². The third kappa shape index (κ3) is 3.80. The first kappa shape index (κ1) is 12.5. The first-order chi connectivity index (χ1) is 7.17. The molecular formula is C11H15F2NS. The average Bonchev–Trinajstić information content (AvgIpc) is 2.23. The molecule has 0 aliphatic rings. The molecule has 0 bridgehead atoms. The third-order valence-electron chi connectivity index (χ3n) is 2.24. The van der Waals surface area contributed by atoms with Gasteiger partial charge in [-0.15, -0.1) is 0 Å². The van der Waals surface area contributed by atoms with Crippen LogP contribution in [-0.4, -0.2) is 25.1 Å². The van der Waals surface area contributed by atoms with Gasteiger partial charge in [0.25, 0.3) is 0 Å². The Balaban J connectivity index is 2.66. The van der Waals surface area contributed by atoms with Gasteiger partial charge in [0.1, 0.15) is 0 Å². The topological polar surface area (TPSA) is 12.0 Å². The van der Waals surface area contributed by atoms with Crippen LogP contribution >= 0.6 is 11.8 Å². The summed E-state index contributed by atoms with van der Waals surface area (Å²) >= 11 is 1.73. The summed E-state index contributed by atoms with van der Waals surface area (Å²) in [6, 6.07) is 4.37. The Morgan fingerprint density at radius 3 is 2.60 bits per heavy atom. The van der Waals surface area contributed by atoms with E-state index in [1.165, 1.54) is 12.1 Å². The first-order valence-corrected chi connectivity index (χ1v) is 6.17. The highest BCUT2D eigenvalue weighted by Crippen LogP contribution is 2.11. The molecule has 0 saturated heterocycles. The average molecular weight is 231 g/mol. The molecule has 1 aromatic carbocycles.